The third-order valence-corrected chi connectivity index (χ3v) is 9.21. The Labute approximate surface area is 192 Å². The van der Waals surface area contributed by atoms with E-state index < -0.39 is 27.3 Å². The van der Waals surface area contributed by atoms with Crippen molar-refractivity contribution in [2.24, 2.45) is 0 Å². The zero-order valence-electron chi connectivity index (χ0n) is 18.1. The van der Waals surface area contributed by atoms with Crippen molar-refractivity contribution in [3.63, 3.8) is 0 Å². The normalized spacial score (nSPS) is 23.9. The molecular formula is C24H26N2O6S. The smallest absolute Gasteiger partial charge is 0.410 e. The highest BCUT2D eigenvalue weighted by Crippen LogP contribution is 2.44. The molecule has 1 N–H and O–H groups in total. The molecule has 1 amide bonds. The summed E-state index contributed by atoms with van der Waals surface area (Å²) in [6, 6.07) is 15.9. The summed E-state index contributed by atoms with van der Waals surface area (Å²) in [5, 5.41) is 7.79. The lowest BCUT2D eigenvalue weighted by atomic mass is 9.98. The Morgan fingerprint density at radius 1 is 0.970 bits per heavy atom. The van der Waals surface area contributed by atoms with Crippen LogP contribution in [0.1, 0.15) is 36.3 Å². The lowest BCUT2D eigenvalue weighted by molar-refractivity contribution is -0.136. The third-order valence-electron chi connectivity index (χ3n) is 7.00. The third kappa shape index (κ3) is 3.79. The Hall–Kier alpha value is -2.91. The summed E-state index contributed by atoms with van der Waals surface area (Å²) >= 11 is 0. The Morgan fingerprint density at radius 2 is 1.61 bits per heavy atom. The minimum Gasteiger partial charge on any atom is -0.480 e. The SMILES string of the molecule is O=C(O)C1CCN(C[C@H]2CCCN2C(=O)OCC2c3ccccc3-c3ccccc32)S1(=O)=O. The van der Waals surface area contributed by atoms with Gasteiger partial charge in [0.05, 0.1) is 0 Å². The van der Waals surface area contributed by atoms with Crippen LogP contribution in [0.2, 0.25) is 0 Å². The number of fused-ring (bicyclic) bond motifs is 3. The van der Waals surface area contributed by atoms with Gasteiger partial charge in [-0.05, 0) is 41.5 Å². The van der Waals surface area contributed by atoms with Crippen molar-refractivity contribution in [1.82, 2.24) is 9.21 Å². The van der Waals surface area contributed by atoms with Gasteiger partial charge in [-0.3, -0.25) is 4.79 Å². The molecule has 0 saturated carbocycles. The van der Waals surface area contributed by atoms with Crippen LogP contribution >= 0.6 is 0 Å². The maximum absolute atomic E-state index is 13.0. The van der Waals surface area contributed by atoms with E-state index in [2.05, 4.69) is 24.3 Å². The van der Waals surface area contributed by atoms with Gasteiger partial charge in [-0.25, -0.2) is 13.2 Å². The highest BCUT2D eigenvalue weighted by atomic mass is 32.2. The van der Waals surface area contributed by atoms with Gasteiger partial charge in [0.1, 0.15) is 6.61 Å². The minimum atomic E-state index is -3.90. The number of aliphatic carboxylic acids is 1. The van der Waals surface area contributed by atoms with Gasteiger partial charge in [0.25, 0.3) is 0 Å². The molecule has 2 saturated heterocycles. The molecule has 2 aliphatic heterocycles. The summed E-state index contributed by atoms with van der Waals surface area (Å²) in [5.74, 6) is -1.37. The molecule has 33 heavy (non-hydrogen) atoms. The van der Waals surface area contributed by atoms with Gasteiger partial charge >= 0.3 is 12.1 Å². The number of hydrogen-bond donors (Lipinski definition) is 1. The molecule has 174 valence electrons. The van der Waals surface area contributed by atoms with Crippen LogP contribution in [0.3, 0.4) is 0 Å². The zero-order valence-corrected chi connectivity index (χ0v) is 18.9. The zero-order chi connectivity index (χ0) is 23.2. The highest BCUT2D eigenvalue weighted by molar-refractivity contribution is 7.90. The molecule has 0 aromatic heterocycles. The number of carboxylic acids is 1. The molecule has 8 nitrogen and oxygen atoms in total. The van der Waals surface area contributed by atoms with E-state index in [4.69, 9.17) is 4.74 Å². The van der Waals surface area contributed by atoms with Gasteiger partial charge in [-0.2, -0.15) is 4.31 Å². The summed E-state index contributed by atoms with van der Waals surface area (Å²) in [5.41, 5.74) is 4.57. The number of ether oxygens (including phenoxy) is 1. The summed E-state index contributed by atoms with van der Waals surface area (Å²) in [6.45, 7) is 0.974. The van der Waals surface area contributed by atoms with Crippen LogP contribution in [0, 0.1) is 0 Å². The second kappa shape index (κ2) is 8.46. The van der Waals surface area contributed by atoms with Crippen LogP contribution in [-0.4, -0.2) is 72.3 Å². The van der Waals surface area contributed by atoms with E-state index in [1.54, 1.807) is 4.90 Å². The van der Waals surface area contributed by atoms with Crippen LogP contribution in [0.5, 0.6) is 0 Å². The number of carboxylic acid groups (broad SMARTS) is 1. The summed E-state index contributed by atoms with van der Waals surface area (Å²) in [7, 11) is -3.90. The van der Waals surface area contributed by atoms with E-state index in [1.807, 2.05) is 24.3 Å². The Bertz CT molecular complexity index is 1150. The van der Waals surface area contributed by atoms with E-state index in [0.717, 1.165) is 28.7 Å². The number of carbonyl (C=O) groups excluding carboxylic acids is 1. The molecular weight excluding hydrogens is 444 g/mol. The van der Waals surface area contributed by atoms with Crippen molar-refractivity contribution in [3.05, 3.63) is 59.7 Å². The van der Waals surface area contributed by atoms with E-state index >= 15 is 0 Å². The maximum Gasteiger partial charge on any atom is 0.410 e. The van der Waals surface area contributed by atoms with Gasteiger partial charge < -0.3 is 14.7 Å². The van der Waals surface area contributed by atoms with Crippen molar-refractivity contribution in [1.29, 1.82) is 0 Å². The number of hydrogen-bond acceptors (Lipinski definition) is 5. The molecule has 2 fully saturated rings. The predicted molar refractivity (Wildman–Crippen MR) is 121 cm³/mol. The quantitative estimate of drug-likeness (QED) is 0.721. The average Bonchev–Trinajstić information content (AvgIpc) is 3.47. The number of likely N-dealkylation sites (tertiary alicyclic amines) is 1. The number of carbonyl (C=O) groups is 2. The average molecular weight is 471 g/mol. The number of rotatable bonds is 5. The topological polar surface area (TPSA) is 104 Å². The fourth-order valence-electron chi connectivity index (χ4n) is 5.34. The van der Waals surface area contributed by atoms with Crippen LogP contribution < -0.4 is 0 Å². The Morgan fingerprint density at radius 3 is 2.21 bits per heavy atom. The lowest BCUT2D eigenvalue weighted by Gasteiger charge is -2.28. The molecule has 3 aliphatic rings. The fraction of sp³-hybridized carbons (Fsp3) is 0.417. The van der Waals surface area contributed by atoms with Crippen molar-refractivity contribution < 1.29 is 27.9 Å². The van der Waals surface area contributed by atoms with Gasteiger partial charge in [-0.1, -0.05) is 48.5 Å². The summed E-state index contributed by atoms with van der Waals surface area (Å²) < 4.78 is 32.1. The van der Waals surface area contributed by atoms with E-state index in [1.165, 1.54) is 4.31 Å². The fourth-order valence-corrected chi connectivity index (χ4v) is 7.10. The van der Waals surface area contributed by atoms with Crippen molar-refractivity contribution in [2.45, 2.75) is 36.5 Å². The first-order valence-corrected chi connectivity index (χ1v) is 12.7. The maximum atomic E-state index is 13.0. The molecule has 0 spiro atoms. The second-order valence-electron chi connectivity index (χ2n) is 8.81. The molecule has 2 aromatic carbocycles. The molecule has 2 atom stereocenters. The number of nitrogens with zero attached hydrogens (tertiary/aromatic N) is 2. The van der Waals surface area contributed by atoms with Crippen LogP contribution in [0.15, 0.2) is 48.5 Å². The molecule has 1 unspecified atom stereocenters. The number of benzene rings is 2. The molecule has 5 rings (SSSR count). The number of sulfonamides is 1. The van der Waals surface area contributed by atoms with Crippen LogP contribution in [-0.2, 0) is 19.6 Å². The number of amides is 1. The van der Waals surface area contributed by atoms with Crippen LogP contribution in [0.4, 0.5) is 4.79 Å². The first kappa shape index (κ1) is 21.9. The first-order chi connectivity index (χ1) is 15.9. The standard InChI is InChI=1S/C24H26N2O6S/c27-23(28)22-11-13-25(33(22,30)31)14-16-6-5-12-26(16)24(29)32-15-21-19-9-3-1-7-17(19)18-8-2-4-10-20(18)21/h1-4,7-10,16,21-22H,5-6,11-15H2,(H,27,28)/t16-,22?/m1/s1. The highest BCUT2D eigenvalue weighted by Gasteiger charge is 2.45. The summed E-state index contributed by atoms with van der Waals surface area (Å²) in [4.78, 5) is 25.8. The minimum absolute atomic E-state index is 0.0438. The van der Waals surface area contributed by atoms with E-state index in [0.29, 0.717) is 13.0 Å². The molecule has 0 bridgehead atoms. The van der Waals surface area contributed by atoms with Gasteiger partial charge in [0.2, 0.25) is 10.0 Å². The molecule has 2 heterocycles. The Kier molecular flexibility index (Phi) is 5.62. The molecule has 0 radical (unpaired) electrons. The summed E-state index contributed by atoms with van der Waals surface area (Å²) in [6.07, 6.45) is 1.03. The second-order valence-corrected chi connectivity index (χ2v) is 10.9. The van der Waals surface area contributed by atoms with Gasteiger partial charge in [0, 0.05) is 31.6 Å². The predicted octanol–water partition coefficient (Wildman–Crippen LogP) is 2.89. The van der Waals surface area contributed by atoms with Gasteiger partial charge in [0.15, 0.2) is 5.25 Å². The largest absolute Gasteiger partial charge is 0.480 e. The van der Waals surface area contributed by atoms with E-state index in [9.17, 15) is 23.1 Å². The monoisotopic (exact) mass is 470 g/mol. The Balaban J connectivity index is 1.27. The van der Waals surface area contributed by atoms with Gasteiger partial charge in [-0.15, -0.1) is 0 Å². The van der Waals surface area contributed by atoms with Crippen LogP contribution in [0.25, 0.3) is 11.1 Å². The first-order valence-electron chi connectivity index (χ1n) is 11.2. The molecule has 9 heteroatoms. The van der Waals surface area contributed by atoms with Crippen molar-refractivity contribution in [3.8, 4) is 11.1 Å². The lowest BCUT2D eigenvalue weighted by Crippen LogP contribution is -2.45. The van der Waals surface area contributed by atoms with E-state index in [-0.39, 0.29) is 38.1 Å². The van der Waals surface area contributed by atoms with Crippen molar-refractivity contribution >= 4 is 22.1 Å². The molecule has 2 aromatic rings. The molecule has 1 aliphatic carbocycles. The van der Waals surface area contributed by atoms with Crippen molar-refractivity contribution in [2.75, 3.05) is 26.2 Å².